The predicted molar refractivity (Wildman–Crippen MR) is 85.5 cm³/mol. The summed E-state index contributed by atoms with van der Waals surface area (Å²) >= 11 is 6.92. The smallest absolute Gasteiger partial charge is 0.336 e. The minimum atomic E-state index is -0.865. The van der Waals surface area contributed by atoms with Crippen LogP contribution < -0.4 is 0 Å². The van der Waals surface area contributed by atoms with E-state index in [4.69, 9.17) is 4.98 Å². The van der Waals surface area contributed by atoms with Gasteiger partial charge in [0.1, 0.15) is 0 Å². The van der Waals surface area contributed by atoms with Gasteiger partial charge in [-0.15, -0.1) is 0 Å². The number of aromatic nitrogens is 1. The molecule has 0 spiro atoms. The van der Waals surface area contributed by atoms with E-state index in [9.17, 15) is 9.90 Å². The number of carboxylic acid groups (broad SMARTS) is 1. The van der Waals surface area contributed by atoms with Crippen molar-refractivity contribution in [3.8, 4) is 0 Å². The highest BCUT2D eigenvalue weighted by atomic mass is 79.9. The quantitative estimate of drug-likeness (QED) is 0.782. The summed E-state index contributed by atoms with van der Waals surface area (Å²) in [7, 11) is 0. The maximum Gasteiger partial charge on any atom is 0.336 e. The SMILES string of the molecule is CCC1CCc2c1nc1c(Br)cc(Br)cc1c2C(=O)O. The summed E-state index contributed by atoms with van der Waals surface area (Å²) in [4.78, 5) is 16.5. The van der Waals surface area contributed by atoms with Gasteiger partial charge in [0.25, 0.3) is 0 Å². The van der Waals surface area contributed by atoms with E-state index < -0.39 is 5.97 Å². The van der Waals surface area contributed by atoms with Gasteiger partial charge in [-0.2, -0.15) is 0 Å². The molecule has 104 valence electrons. The highest BCUT2D eigenvalue weighted by Crippen LogP contribution is 2.40. The fourth-order valence-corrected chi connectivity index (χ4v) is 4.35. The molecule has 2 aromatic rings. The summed E-state index contributed by atoms with van der Waals surface area (Å²) in [5.41, 5.74) is 3.05. The molecule has 3 nitrogen and oxygen atoms in total. The van der Waals surface area contributed by atoms with Gasteiger partial charge in [0.15, 0.2) is 0 Å². The lowest BCUT2D eigenvalue weighted by molar-refractivity contribution is 0.0698. The van der Waals surface area contributed by atoms with Gasteiger partial charge in [0.2, 0.25) is 0 Å². The highest BCUT2D eigenvalue weighted by Gasteiger charge is 2.29. The lowest BCUT2D eigenvalue weighted by Crippen LogP contribution is -2.07. The Balaban J connectivity index is 2.44. The number of rotatable bonds is 2. The van der Waals surface area contributed by atoms with Crippen LogP contribution in [-0.2, 0) is 6.42 Å². The second kappa shape index (κ2) is 5.11. The zero-order chi connectivity index (χ0) is 14.4. The number of carboxylic acids is 1. The van der Waals surface area contributed by atoms with E-state index >= 15 is 0 Å². The Kier molecular flexibility index (Phi) is 3.58. The van der Waals surface area contributed by atoms with Gasteiger partial charge in [-0.05, 0) is 52.9 Å². The van der Waals surface area contributed by atoms with Crippen molar-refractivity contribution in [1.29, 1.82) is 0 Å². The molecule has 20 heavy (non-hydrogen) atoms. The van der Waals surface area contributed by atoms with Crippen molar-refractivity contribution >= 4 is 48.7 Å². The van der Waals surface area contributed by atoms with Crippen LogP contribution in [0.15, 0.2) is 21.1 Å². The first-order valence-electron chi connectivity index (χ1n) is 6.57. The fraction of sp³-hybridized carbons (Fsp3) is 0.333. The Morgan fingerprint density at radius 1 is 1.45 bits per heavy atom. The Morgan fingerprint density at radius 2 is 2.20 bits per heavy atom. The second-order valence-corrected chi connectivity index (χ2v) is 6.85. The molecule has 1 atom stereocenters. The van der Waals surface area contributed by atoms with Crippen LogP contribution in [0.1, 0.15) is 47.3 Å². The molecule has 5 heteroatoms. The standard InChI is InChI=1S/C15H13Br2NO2/c1-2-7-3-4-9-12(15(19)20)10-5-8(16)6-11(17)14(10)18-13(7)9/h5-7H,2-4H2,1H3,(H,19,20). The molecule has 0 saturated heterocycles. The lowest BCUT2D eigenvalue weighted by atomic mass is 9.99. The summed E-state index contributed by atoms with van der Waals surface area (Å²) in [6, 6.07) is 3.75. The van der Waals surface area contributed by atoms with Crippen LogP contribution in [0.2, 0.25) is 0 Å². The average molecular weight is 399 g/mol. The van der Waals surface area contributed by atoms with Gasteiger partial charge in [-0.1, -0.05) is 22.9 Å². The monoisotopic (exact) mass is 397 g/mol. The van der Waals surface area contributed by atoms with Gasteiger partial charge < -0.3 is 5.11 Å². The summed E-state index contributed by atoms with van der Waals surface area (Å²) in [5, 5.41) is 10.3. The van der Waals surface area contributed by atoms with Crippen molar-refractivity contribution in [3.05, 3.63) is 37.9 Å². The maximum absolute atomic E-state index is 11.7. The Bertz CT molecular complexity index is 728. The van der Waals surface area contributed by atoms with Gasteiger partial charge in [0.05, 0.1) is 11.1 Å². The molecule has 0 bridgehead atoms. The van der Waals surface area contributed by atoms with Gasteiger partial charge in [0, 0.05) is 25.9 Å². The second-order valence-electron chi connectivity index (χ2n) is 5.08. The lowest BCUT2D eigenvalue weighted by Gasteiger charge is -2.13. The normalized spacial score (nSPS) is 17.4. The van der Waals surface area contributed by atoms with Crippen LogP contribution in [0.3, 0.4) is 0 Å². The number of pyridine rings is 1. The van der Waals surface area contributed by atoms with Gasteiger partial charge in [-0.25, -0.2) is 4.79 Å². The van der Waals surface area contributed by atoms with Crippen molar-refractivity contribution < 1.29 is 9.90 Å². The molecule has 1 unspecified atom stereocenters. The summed E-state index contributed by atoms with van der Waals surface area (Å²) in [5.74, 6) is -0.488. The Labute approximate surface area is 133 Å². The van der Waals surface area contributed by atoms with Crippen molar-refractivity contribution in [2.24, 2.45) is 0 Å². The number of halogens is 2. The number of nitrogens with zero attached hydrogens (tertiary/aromatic N) is 1. The predicted octanol–water partition coefficient (Wildman–Crippen LogP) is 4.90. The molecule has 1 aliphatic rings. The minimum Gasteiger partial charge on any atom is -0.478 e. The third-order valence-electron chi connectivity index (χ3n) is 3.98. The van der Waals surface area contributed by atoms with E-state index in [1.807, 2.05) is 12.1 Å². The fourth-order valence-electron chi connectivity index (χ4n) is 3.04. The van der Waals surface area contributed by atoms with Crippen molar-refractivity contribution in [2.75, 3.05) is 0 Å². The van der Waals surface area contributed by atoms with E-state index in [0.29, 0.717) is 16.9 Å². The Morgan fingerprint density at radius 3 is 2.85 bits per heavy atom. The van der Waals surface area contributed by atoms with Crippen molar-refractivity contribution in [2.45, 2.75) is 32.1 Å². The molecule has 0 aliphatic heterocycles. The van der Waals surface area contributed by atoms with E-state index in [0.717, 1.165) is 45.0 Å². The third kappa shape index (κ3) is 2.07. The van der Waals surface area contributed by atoms with Crippen molar-refractivity contribution in [3.63, 3.8) is 0 Å². The summed E-state index contributed by atoms with van der Waals surface area (Å²) < 4.78 is 1.68. The molecule has 1 heterocycles. The number of fused-ring (bicyclic) bond motifs is 2. The number of hydrogen-bond donors (Lipinski definition) is 1. The molecule has 1 aromatic heterocycles. The van der Waals surface area contributed by atoms with Crippen LogP contribution in [-0.4, -0.2) is 16.1 Å². The summed E-state index contributed by atoms with van der Waals surface area (Å²) in [6.07, 6.45) is 2.80. The van der Waals surface area contributed by atoms with Crippen LogP contribution in [0.4, 0.5) is 0 Å². The van der Waals surface area contributed by atoms with E-state index in [1.165, 1.54) is 0 Å². The first kappa shape index (κ1) is 14.0. The molecule has 1 aliphatic carbocycles. The number of benzene rings is 1. The molecule has 0 radical (unpaired) electrons. The molecule has 1 N–H and O–H groups in total. The first-order chi connectivity index (χ1) is 9.52. The largest absolute Gasteiger partial charge is 0.478 e. The third-order valence-corrected chi connectivity index (χ3v) is 5.04. The zero-order valence-corrected chi connectivity index (χ0v) is 14.1. The zero-order valence-electron chi connectivity index (χ0n) is 10.9. The maximum atomic E-state index is 11.7. The molecule has 0 amide bonds. The summed E-state index contributed by atoms with van der Waals surface area (Å²) in [6.45, 7) is 2.13. The molecule has 0 fully saturated rings. The molecule has 3 rings (SSSR count). The van der Waals surface area contributed by atoms with Crippen LogP contribution in [0.25, 0.3) is 10.9 Å². The average Bonchev–Trinajstić information content (AvgIpc) is 2.78. The number of carbonyl (C=O) groups is 1. The van der Waals surface area contributed by atoms with Gasteiger partial charge >= 0.3 is 5.97 Å². The van der Waals surface area contributed by atoms with E-state index in [-0.39, 0.29) is 0 Å². The van der Waals surface area contributed by atoms with Gasteiger partial charge in [-0.3, -0.25) is 4.98 Å². The molecular formula is C15H13Br2NO2. The van der Waals surface area contributed by atoms with Crippen LogP contribution in [0, 0.1) is 0 Å². The topological polar surface area (TPSA) is 50.2 Å². The van der Waals surface area contributed by atoms with Crippen LogP contribution in [0.5, 0.6) is 0 Å². The minimum absolute atomic E-state index is 0.378. The van der Waals surface area contributed by atoms with E-state index in [2.05, 4.69) is 38.8 Å². The van der Waals surface area contributed by atoms with E-state index in [1.54, 1.807) is 0 Å². The molecule has 1 aromatic carbocycles. The molecular weight excluding hydrogens is 386 g/mol. The molecule has 0 saturated carbocycles. The highest BCUT2D eigenvalue weighted by molar-refractivity contribution is 9.11. The van der Waals surface area contributed by atoms with Crippen molar-refractivity contribution in [1.82, 2.24) is 4.98 Å². The Hall–Kier alpha value is -0.940. The van der Waals surface area contributed by atoms with Crippen LogP contribution >= 0.6 is 31.9 Å². The first-order valence-corrected chi connectivity index (χ1v) is 8.16. The number of hydrogen-bond acceptors (Lipinski definition) is 2. The number of aromatic carboxylic acids is 1.